The highest BCUT2D eigenvalue weighted by Gasteiger charge is 2.23. The Kier molecular flexibility index (Phi) is 10.4. The number of rotatable bonds is 8. The molecule has 0 radical (unpaired) electrons. The second-order valence-corrected chi connectivity index (χ2v) is 8.50. The smallest absolute Gasteiger partial charge is 0.410 e. The van der Waals surface area contributed by atoms with Crippen molar-refractivity contribution < 1.29 is 9.53 Å². The largest absolute Gasteiger partial charge is 0.444 e. The van der Waals surface area contributed by atoms with Gasteiger partial charge in [-0.3, -0.25) is 9.89 Å². The summed E-state index contributed by atoms with van der Waals surface area (Å²) < 4.78 is 5.43. The molecule has 0 saturated carbocycles. The van der Waals surface area contributed by atoms with Gasteiger partial charge in [0.1, 0.15) is 5.60 Å². The van der Waals surface area contributed by atoms with E-state index in [2.05, 4.69) is 29.0 Å². The van der Waals surface area contributed by atoms with Crippen molar-refractivity contribution in [3.63, 3.8) is 0 Å². The SMILES string of the molecule is C=CCN1CCC(NC(=NCCC(C)N(C)C(=O)OC(C)(C)C)NCC)CC1. The van der Waals surface area contributed by atoms with Gasteiger partial charge in [-0.05, 0) is 53.9 Å². The lowest BCUT2D eigenvalue weighted by molar-refractivity contribution is 0.0231. The van der Waals surface area contributed by atoms with E-state index in [4.69, 9.17) is 9.73 Å². The normalized spacial score (nSPS) is 17.7. The minimum absolute atomic E-state index is 0.0589. The minimum atomic E-state index is -0.480. The fraction of sp³-hybridized carbons (Fsp3) is 0.810. The Bertz CT molecular complexity index is 507. The van der Waals surface area contributed by atoms with Gasteiger partial charge in [-0.25, -0.2) is 4.79 Å². The Hall–Kier alpha value is -1.76. The zero-order valence-corrected chi connectivity index (χ0v) is 18.8. The molecule has 0 spiro atoms. The van der Waals surface area contributed by atoms with E-state index in [-0.39, 0.29) is 12.1 Å². The highest BCUT2D eigenvalue weighted by Crippen LogP contribution is 2.12. The maximum atomic E-state index is 12.2. The molecule has 7 heteroatoms. The van der Waals surface area contributed by atoms with Gasteiger partial charge in [-0.1, -0.05) is 6.08 Å². The summed E-state index contributed by atoms with van der Waals surface area (Å²) in [5.74, 6) is 0.858. The summed E-state index contributed by atoms with van der Waals surface area (Å²) in [7, 11) is 1.78. The molecule has 0 aromatic heterocycles. The summed E-state index contributed by atoms with van der Waals surface area (Å²) in [4.78, 5) is 20.9. The Morgan fingerprint density at radius 1 is 1.39 bits per heavy atom. The molecule has 1 amide bonds. The average molecular weight is 396 g/mol. The third-order valence-electron chi connectivity index (χ3n) is 4.82. The number of hydrogen-bond donors (Lipinski definition) is 2. The molecule has 1 rings (SSSR count). The van der Waals surface area contributed by atoms with Gasteiger partial charge in [0.2, 0.25) is 0 Å². The molecule has 1 heterocycles. The number of nitrogens with zero attached hydrogens (tertiary/aromatic N) is 3. The molecule has 28 heavy (non-hydrogen) atoms. The number of carbonyl (C=O) groups excluding carboxylic acids is 1. The van der Waals surface area contributed by atoms with Gasteiger partial charge < -0.3 is 20.3 Å². The first-order valence-corrected chi connectivity index (χ1v) is 10.5. The van der Waals surface area contributed by atoms with Crippen LogP contribution in [0.3, 0.4) is 0 Å². The molecule has 0 aromatic carbocycles. The van der Waals surface area contributed by atoms with Crippen molar-refractivity contribution in [1.29, 1.82) is 0 Å². The summed E-state index contributed by atoms with van der Waals surface area (Å²) in [6.07, 6.45) is 4.67. The highest BCUT2D eigenvalue weighted by atomic mass is 16.6. The molecule has 1 aliphatic rings. The van der Waals surface area contributed by atoms with E-state index in [1.165, 1.54) is 0 Å². The van der Waals surface area contributed by atoms with E-state index >= 15 is 0 Å². The first-order chi connectivity index (χ1) is 13.2. The second-order valence-electron chi connectivity index (χ2n) is 8.50. The van der Waals surface area contributed by atoms with E-state index in [9.17, 15) is 4.79 Å². The van der Waals surface area contributed by atoms with Gasteiger partial charge >= 0.3 is 6.09 Å². The molecule has 7 nitrogen and oxygen atoms in total. The van der Waals surface area contributed by atoms with Gasteiger partial charge in [0.25, 0.3) is 0 Å². The van der Waals surface area contributed by atoms with E-state index in [1.54, 1.807) is 11.9 Å². The fourth-order valence-electron chi connectivity index (χ4n) is 3.03. The number of hydrogen-bond acceptors (Lipinski definition) is 4. The molecule has 0 aliphatic carbocycles. The van der Waals surface area contributed by atoms with Crippen LogP contribution in [0.25, 0.3) is 0 Å². The zero-order valence-electron chi connectivity index (χ0n) is 18.8. The van der Waals surface area contributed by atoms with Crippen molar-refractivity contribution >= 4 is 12.1 Å². The summed E-state index contributed by atoms with van der Waals surface area (Å²) in [5, 5.41) is 6.88. The first kappa shape index (κ1) is 24.3. The van der Waals surface area contributed by atoms with Crippen LogP contribution in [-0.4, -0.2) is 79.3 Å². The van der Waals surface area contributed by atoms with Crippen LogP contribution in [0, 0.1) is 0 Å². The van der Waals surface area contributed by atoms with Crippen LogP contribution >= 0.6 is 0 Å². The van der Waals surface area contributed by atoms with Crippen molar-refractivity contribution in [2.75, 3.05) is 39.8 Å². The standard InChI is InChI=1S/C21H41N5O2/c1-8-14-26-15-11-18(12-16-26)24-19(22-9-2)23-13-10-17(3)25(7)20(27)28-21(4,5)6/h8,17-18H,1,9-16H2,2-7H3,(H2,22,23,24). The Balaban J connectivity index is 2.47. The lowest BCUT2D eigenvalue weighted by Crippen LogP contribution is -2.48. The number of nitrogens with one attached hydrogen (secondary N) is 2. The van der Waals surface area contributed by atoms with Crippen LogP contribution < -0.4 is 10.6 Å². The van der Waals surface area contributed by atoms with Crippen molar-refractivity contribution in [2.45, 2.75) is 71.6 Å². The van der Waals surface area contributed by atoms with Gasteiger partial charge in [-0.15, -0.1) is 6.58 Å². The molecule has 162 valence electrons. The molecule has 1 saturated heterocycles. The topological polar surface area (TPSA) is 69.2 Å². The monoisotopic (exact) mass is 395 g/mol. The van der Waals surface area contributed by atoms with Crippen molar-refractivity contribution in [3.05, 3.63) is 12.7 Å². The predicted molar refractivity (Wildman–Crippen MR) is 117 cm³/mol. The summed E-state index contributed by atoms with van der Waals surface area (Å²) in [5.41, 5.74) is -0.480. The predicted octanol–water partition coefficient (Wildman–Crippen LogP) is 2.84. The van der Waals surface area contributed by atoms with Gasteiger partial charge in [-0.2, -0.15) is 0 Å². The minimum Gasteiger partial charge on any atom is -0.444 e. The molecule has 0 bridgehead atoms. The zero-order chi connectivity index (χ0) is 21.2. The van der Waals surface area contributed by atoms with Crippen molar-refractivity contribution in [3.8, 4) is 0 Å². The van der Waals surface area contributed by atoms with Crippen LogP contribution in [0.2, 0.25) is 0 Å². The van der Waals surface area contributed by atoms with Crippen LogP contribution in [0.15, 0.2) is 17.6 Å². The number of carbonyl (C=O) groups is 1. The molecule has 2 N–H and O–H groups in total. The average Bonchev–Trinajstić information content (AvgIpc) is 2.61. The van der Waals surface area contributed by atoms with Crippen LogP contribution in [0.1, 0.15) is 53.9 Å². The third-order valence-corrected chi connectivity index (χ3v) is 4.82. The lowest BCUT2D eigenvalue weighted by Gasteiger charge is -2.32. The molecule has 1 atom stereocenters. The highest BCUT2D eigenvalue weighted by molar-refractivity contribution is 5.80. The van der Waals surface area contributed by atoms with E-state index in [1.807, 2.05) is 33.8 Å². The molecule has 1 fully saturated rings. The third kappa shape index (κ3) is 9.44. The van der Waals surface area contributed by atoms with E-state index in [0.29, 0.717) is 12.6 Å². The lowest BCUT2D eigenvalue weighted by atomic mass is 10.1. The van der Waals surface area contributed by atoms with Gasteiger partial charge in [0.05, 0.1) is 0 Å². The van der Waals surface area contributed by atoms with Gasteiger partial charge in [0, 0.05) is 51.9 Å². The Labute approximate surface area is 171 Å². The molecular formula is C21H41N5O2. The Morgan fingerprint density at radius 2 is 2.04 bits per heavy atom. The summed E-state index contributed by atoms with van der Waals surface area (Å²) in [6.45, 7) is 18.2. The first-order valence-electron chi connectivity index (χ1n) is 10.5. The van der Waals surface area contributed by atoms with Crippen molar-refractivity contribution in [1.82, 2.24) is 20.4 Å². The number of ether oxygens (including phenoxy) is 1. The van der Waals surface area contributed by atoms with Crippen LogP contribution in [0.4, 0.5) is 4.79 Å². The summed E-state index contributed by atoms with van der Waals surface area (Å²) >= 11 is 0. The number of aliphatic imine (C=N–C) groups is 1. The number of amides is 1. The molecule has 1 aliphatic heterocycles. The summed E-state index contributed by atoms with van der Waals surface area (Å²) in [6, 6.07) is 0.504. The second kappa shape index (κ2) is 11.9. The maximum Gasteiger partial charge on any atom is 0.410 e. The number of piperidine rings is 1. The quantitative estimate of drug-likeness (QED) is 0.376. The molecular weight excluding hydrogens is 354 g/mol. The van der Waals surface area contributed by atoms with E-state index < -0.39 is 5.60 Å². The number of guanidine groups is 1. The van der Waals surface area contributed by atoms with Crippen LogP contribution in [0.5, 0.6) is 0 Å². The van der Waals surface area contributed by atoms with Gasteiger partial charge in [0.15, 0.2) is 5.96 Å². The molecule has 1 unspecified atom stereocenters. The fourth-order valence-corrected chi connectivity index (χ4v) is 3.03. The number of likely N-dealkylation sites (tertiary alicyclic amines) is 1. The maximum absolute atomic E-state index is 12.2. The molecule has 0 aromatic rings. The van der Waals surface area contributed by atoms with Crippen LogP contribution in [-0.2, 0) is 4.74 Å². The Morgan fingerprint density at radius 3 is 2.57 bits per heavy atom. The van der Waals surface area contributed by atoms with Crippen molar-refractivity contribution in [2.24, 2.45) is 4.99 Å². The van der Waals surface area contributed by atoms with E-state index in [0.717, 1.165) is 51.4 Å².